The second-order valence-corrected chi connectivity index (χ2v) is 4.18. The Hall–Kier alpha value is -1.56. The van der Waals surface area contributed by atoms with Gasteiger partial charge in [-0.1, -0.05) is 6.07 Å². The zero-order valence-electron chi connectivity index (χ0n) is 9.14. The van der Waals surface area contributed by atoms with Gasteiger partial charge in [-0.25, -0.2) is 4.98 Å². The van der Waals surface area contributed by atoms with Gasteiger partial charge in [-0.2, -0.15) is 5.26 Å². The third-order valence-corrected chi connectivity index (χ3v) is 3.13. The molecule has 1 heterocycles. The molecule has 0 spiro atoms. The number of pyridine rings is 1. The SMILES string of the molecule is CC(C1CC1)N(C)c1cccc(C#N)n1. The van der Waals surface area contributed by atoms with Gasteiger partial charge in [0.25, 0.3) is 0 Å². The smallest absolute Gasteiger partial charge is 0.142 e. The highest BCUT2D eigenvalue weighted by Crippen LogP contribution is 2.35. The van der Waals surface area contributed by atoms with Gasteiger partial charge in [0.05, 0.1) is 0 Å². The van der Waals surface area contributed by atoms with Crippen molar-refractivity contribution in [3.63, 3.8) is 0 Å². The predicted molar refractivity (Wildman–Crippen MR) is 59.5 cm³/mol. The van der Waals surface area contributed by atoms with Gasteiger partial charge in [-0.3, -0.25) is 0 Å². The Bertz CT molecular complexity index is 390. The van der Waals surface area contributed by atoms with Gasteiger partial charge in [0.1, 0.15) is 17.6 Å². The van der Waals surface area contributed by atoms with Crippen LogP contribution in [-0.4, -0.2) is 18.1 Å². The van der Waals surface area contributed by atoms with E-state index in [1.807, 2.05) is 19.2 Å². The molecule has 15 heavy (non-hydrogen) atoms. The molecule has 1 aromatic rings. The Morgan fingerprint density at radius 3 is 2.87 bits per heavy atom. The maximum atomic E-state index is 8.77. The molecule has 2 rings (SSSR count). The maximum Gasteiger partial charge on any atom is 0.142 e. The van der Waals surface area contributed by atoms with Crippen LogP contribution in [0.25, 0.3) is 0 Å². The minimum absolute atomic E-state index is 0.488. The number of nitrogens with zero attached hydrogens (tertiary/aromatic N) is 3. The first-order chi connectivity index (χ1) is 7.22. The van der Waals surface area contributed by atoms with Gasteiger partial charge in [0, 0.05) is 13.1 Å². The van der Waals surface area contributed by atoms with Crippen molar-refractivity contribution in [3.05, 3.63) is 23.9 Å². The fourth-order valence-corrected chi connectivity index (χ4v) is 1.79. The van der Waals surface area contributed by atoms with E-state index in [9.17, 15) is 0 Å². The molecular formula is C12H15N3. The minimum Gasteiger partial charge on any atom is -0.357 e. The molecule has 1 fully saturated rings. The van der Waals surface area contributed by atoms with Crippen LogP contribution in [-0.2, 0) is 0 Å². The summed E-state index contributed by atoms with van der Waals surface area (Å²) >= 11 is 0. The Morgan fingerprint density at radius 2 is 2.27 bits per heavy atom. The summed E-state index contributed by atoms with van der Waals surface area (Å²) in [5.41, 5.74) is 0.488. The van der Waals surface area contributed by atoms with E-state index in [4.69, 9.17) is 5.26 Å². The average Bonchev–Trinajstić information content (AvgIpc) is 3.11. The summed E-state index contributed by atoms with van der Waals surface area (Å²) in [5, 5.41) is 8.77. The Labute approximate surface area is 90.4 Å². The van der Waals surface area contributed by atoms with Crippen LogP contribution in [0, 0.1) is 17.2 Å². The highest BCUT2D eigenvalue weighted by atomic mass is 15.2. The molecule has 0 radical (unpaired) electrons. The minimum atomic E-state index is 0.488. The lowest BCUT2D eigenvalue weighted by molar-refractivity contribution is 0.604. The number of anilines is 1. The van der Waals surface area contributed by atoms with E-state index in [2.05, 4.69) is 22.9 Å². The van der Waals surface area contributed by atoms with Gasteiger partial charge in [-0.05, 0) is 37.8 Å². The van der Waals surface area contributed by atoms with Crippen LogP contribution in [0.1, 0.15) is 25.5 Å². The number of nitriles is 1. The van der Waals surface area contributed by atoms with E-state index in [-0.39, 0.29) is 0 Å². The van der Waals surface area contributed by atoms with Crippen molar-refractivity contribution in [1.29, 1.82) is 5.26 Å². The van der Waals surface area contributed by atoms with Crippen molar-refractivity contribution in [2.75, 3.05) is 11.9 Å². The summed E-state index contributed by atoms with van der Waals surface area (Å²) in [5.74, 6) is 1.70. The quantitative estimate of drug-likeness (QED) is 0.752. The van der Waals surface area contributed by atoms with Crippen molar-refractivity contribution in [1.82, 2.24) is 4.98 Å². The predicted octanol–water partition coefficient (Wildman–Crippen LogP) is 2.19. The van der Waals surface area contributed by atoms with Crippen LogP contribution in [0.3, 0.4) is 0 Å². The van der Waals surface area contributed by atoms with Crippen LogP contribution >= 0.6 is 0 Å². The molecule has 0 aliphatic heterocycles. The normalized spacial score (nSPS) is 16.9. The molecule has 1 aliphatic carbocycles. The molecule has 0 aromatic carbocycles. The van der Waals surface area contributed by atoms with Crippen LogP contribution in [0.2, 0.25) is 0 Å². The molecule has 0 amide bonds. The molecule has 3 heteroatoms. The van der Waals surface area contributed by atoms with Gasteiger partial charge >= 0.3 is 0 Å². The van der Waals surface area contributed by atoms with E-state index in [0.29, 0.717) is 11.7 Å². The average molecular weight is 201 g/mol. The van der Waals surface area contributed by atoms with Gasteiger partial charge in [-0.15, -0.1) is 0 Å². The lowest BCUT2D eigenvalue weighted by Gasteiger charge is -2.25. The maximum absolute atomic E-state index is 8.77. The van der Waals surface area contributed by atoms with Crippen LogP contribution in [0.15, 0.2) is 18.2 Å². The number of hydrogen-bond acceptors (Lipinski definition) is 3. The van der Waals surface area contributed by atoms with E-state index in [0.717, 1.165) is 11.7 Å². The molecule has 1 aromatic heterocycles. The first-order valence-corrected chi connectivity index (χ1v) is 5.32. The third-order valence-electron chi connectivity index (χ3n) is 3.13. The summed E-state index contributed by atoms with van der Waals surface area (Å²) in [6.07, 6.45) is 2.65. The summed E-state index contributed by atoms with van der Waals surface area (Å²) < 4.78 is 0. The topological polar surface area (TPSA) is 39.9 Å². The molecule has 3 nitrogen and oxygen atoms in total. The summed E-state index contributed by atoms with van der Waals surface area (Å²) in [7, 11) is 2.05. The van der Waals surface area contributed by atoms with Gasteiger partial charge < -0.3 is 4.90 Å². The van der Waals surface area contributed by atoms with Crippen molar-refractivity contribution in [2.24, 2.45) is 5.92 Å². The Kier molecular flexibility index (Phi) is 2.59. The number of aromatic nitrogens is 1. The van der Waals surface area contributed by atoms with Gasteiger partial charge in [0.15, 0.2) is 0 Å². The van der Waals surface area contributed by atoms with E-state index in [1.165, 1.54) is 12.8 Å². The van der Waals surface area contributed by atoms with E-state index in [1.54, 1.807) is 6.07 Å². The van der Waals surface area contributed by atoms with Crippen molar-refractivity contribution in [2.45, 2.75) is 25.8 Å². The number of rotatable bonds is 3. The van der Waals surface area contributed by atoms with Gasteiger partial charge in [0.2, 0.25) is 0 Å². The van der Waals surface area contributed by atoms with Crippen LogP contribution in [0.5, 0.6) is 0 Å². The highest BCUT2D eigenvalue weighted by Gasteiger charge is 2.30. The molecule has 1 aliphatic rings. The molecule has 0 bridgehead atoms. The zero-order chi connectivity index (χ0) is 10.8. The highest BCUT2D eigenvalue weighted by molar-refractivity contribution is 5.42. The molecular weight excluding hydrogens is 186 g/mol. The molecule has 0 N–H and O–H groups in total. The second-order valence-electron chi connectivity index (χ2n) is 4.18. The molecule has 0 saturated heterocycles. The van der Waals surface area contributed by atoms with Crippen molar-refractivity contribution >= 4 is 5.82 Å². The monoisotopic (exact) mass is 201 g/mol. The summed E-state index contributed by atoms with van der Waals surface area (Å²) in [4.78, 5) is 6.45. The fourth-order valence-electron chi connectivity index (χ4n) is 1.79. The molecule has 1 unspecified atom stereocenters. The molecule has 1 saturated carbocycles. The fraction of sp³-hybridized carbons (Fsp3) is 0.500. The standard InChI is InChI=1S/C12H15N3/c1-9(10-6-7-10)15(2)12-5-3-4-11(8-13)14-12/h3-5,9-10H,6-7H2,1-2H3. The van der Waals surface area contributed by atoms with Crippen molar-refractivity contribution in [3.8, 4) is 6.07 Å². The second kappa shape index (κ2) is 3.90. The van der Waals surface area contributed by atoms with Crippen LogP contribution in [0.4, 0.5) is 5.82 Å². The largest absolute Gasteiger partial charge is 0.357 e. The summed E-state index contributed by atoms with van der Waals surface area (Å²) in [6.45, 7) is 2.22. The Balaban J connectivity index is 2.17. The van der Waals surface area contributed by atoms with E-state index < -0.39 is 0 Å². The lowest BCUT2D eigenvalue weighted by Crippen LogP contribution is -2.31. The third kappa shape index (κ3) is 2.10. The van der Waals surface area contributed by atoms with Crippen LogP contribution < -0.4 is 4.90 Å². The zero-order valence-corrected chi connectivity index (χ0v) is 9.14. The molecule has 78 valence electrons. The number of hydrogen-bond donors (Lipinski definition) is 0. The first kappa shape index (κ1) is 9.97. The lowest BCUT2D eigenvalue weighted by atomic mass is 10.2. The van der Waals surface area contributed by atoms with Crippen molar-refractivity contribution < 1.29 is 0 Å². The van der Waals surface area contributed by atoms with E-state index >= 15 is 0 Å². The molecule has 1 atom stereocenters. The Morgan fingerprint density at radius 1 is 1.53 bits per heavy atom. The summed E-state index contributed by atoms with van der Waals surface area (Å²) in [6, 6.07) is 8.17. The first-order valence-electron chi connectivity index (χ1n) is 5.32.